The predicted octanol–water partition coefficient (Wildman–Crippen LogP) is 0.209. The average Bonchev–Trinajstić information content (AvgIpc) is 2.46. The fourth-order valence-electron chi connectivity index (χ4n) is 2.02. The molecule has 21 heavy (non-hydrogen) atoms. The molecule has 0 bridgehead atoms. The van der Waals surface area contributed by atoms with Crippen LogP contribution in [0.25, 0.3) is 5.65 Å². The van der Waals surface area contributed by atoms with Crippen molar-refractivity contribution in [3.8, 4) is 5.88 Å². The van der Waals surface area contributed by atoms with Crippen LogP contribution in [-0.4, -0.2) is 38.2 Å². The van der Waals surface area contributed by atoms with Gasteiger partial charge in [0, 0.05) is 6.20 Å². The molecule has 0 unspecified atom stereocenters. The number of pyridine rings is 1. The number of rotatable bonds is 4. The summed E-state index contributed by atoms with van der Waals surface area (Å²) in [4.78, 5) is 28.4. The van der Waals surface area contributed by atoms with Crippen molar-refractivity contribution in [2.75, 3.05) is 6.61 Å². The van der Waals surface area contributed by atoms with Gasteiger partial charge in [-0.2, -0.15) is 4.98 Å². The van der Waals surface area contributed by atoms with Crippen LogP contribution >= 0.6 is 0 Å². The van der Waals surface area contributed by atoms with Gasteiger partial charge in [-0.25, -0.2) is 0 Å². The molecule has 2 aromatic rings. The maximum Gasteiger partial charge on any atom is 0.274 e. The second-order valence-electron chi connectivity index (χ2n) is 4.76. The van der Waals surface area contributed by atoms with Crippen molar-refractivity contribution in [2.45, 2.75) is 26.3 Å². The Hall–Kier alpha value is -2.41. The van der Waals surface area contributed by atoms with E-state index in [-0.39, 0.29) is 6.61 Å². The summed E-state index contributed by atoms with van der Waals surface area (Å²) in [6.45, 7) is 3.29. The average molecular weight is 291 g/mol. The van der Waals surface area contributed by atoms with Gasteiger partial charge in [-0.05, 0) is 25.0 Å². The zero-order chi connectivity index (χ0) is 15.6. The Labute approximate surface area is 120 Å². The van der Waals surface area contributed by atoms with Crippen LogP contribution in [0, 0.1) is 6.92 Å². The molecule has 1 atom stereocenters. The topological polar surface area (TPSA) is 104 Å². The van der Waals surface area contributed by atoms with Gasteiger partial charge < -0.3 is 15.5 Å². The third-order valence-electron chi connectivity index (χ3n) is 3.31. The summed E-state index contributed by atoms with van der Waals surface area (Å²) < 4.78 is 1.21. The van der Waals surface area contributed by atoms with Gasteiger partial charge in [-0.3, -0.25) is 14.0 Å². The molecule has 0 fully saturated rings. The molecule has 0 aliphatic rings. The first kappa shape index (κ1) is 15.0. The molecule has 2 aromatic heterocycles. The Balaban J connectivity index is 2.55. The summed E-state index contributed by atoms with van der Waals surface area (Å²) in [6.07, 6.45) is 1.99. The minimum Gasteiger partial charge on any atom is -0.493 e. The summed E-state index contributed by atoms with van der Waals surface area (Å²) in [6, 6.07) is 2.93. The molecule has 0 saturated heterocycles. The first-order valence-electron chi connectivity index (χ1n) is 6.62. The molecule has 0 spiro atoms. The maximum absolute atomic E-state index is 12.3. The van der Waals surface area contributed by atoms with Gasteiger partial charge in [-0.15, -0.1) is 0 Å². The Morgan fingerprint density at radius 1 is 1.52 bits per heavy atom. The molecule has 2 heterocycles. The van der Waals surface area contributed by atoms with Crippen LogP contribution in [0.2, 0.25) is 0 Å². The molecular weight excluding hydrogens is 274 g/mol. The number of aromatic nitrogens is 2. The van der Waals surface area contributed by atoms with Crippen LogP contribution in [0.3, 0.4) is 0 Å². The normalized spacial score (nSPS) is 12.3. The van der Waals surface area contributed by atoms with Crippen LogP contribution < -0.4 is 10.9 Å². The molecule has 0 saturated carbocycles. The zero-order valence-corrected chi connectivity index (χ0v) is 11.8. The molecule has 3 N–H and O–H groups in total. The molecule has 7 heteroatoms. The third-order valence-corrected chi connectivity index (χ3v) is 3.31. The lowest BCUT2D eigenvalue weighted by Gasteiger charge is -2.14. The molecule has 0 radical (unpaired) electrons. The van der Waals surface area contributed by atoms with Crippen LogP contribution in [0.4, 0.5) is 0 Å². The second-order valence-corrected chi connectivity index (χ2v) is 4.76. The number of hydrogen-bond donors (Lipinski definition) is 3. The second kappa shape index (κ2) is 5.92. The van der Waals surface area contributed by atoms with Gasteiger partial charge in [0.1, 0.15) is 5.65 Å². The van der Waals surface area contributed by atoms with Gasteiger partial charge in [0.05, 0.1) is 12.6 Å². The molecule has 7 nitrogen and oxygen atoms in total. The molecule has 0 aliphatic heterocycles. The van der Waals surface area contributed by atoms with Gasteiger partial charge in [-0.1, -0.05) is 13.0 Å². The number of aliphatic hydroxyl groups is 1. The number of aromatic hydroxyl groups is 1. The number of aliphatic hydroxyl groups excluding tert-OH is 1. The Morgan fingerprint density at radius 3 is 2.86 bits per heavy atom. The zero-order valence-electron chi connectivity index (χ0n) is 11.8. The van der Waals surface area contributed by atoms with E-state index in [4.69, 9.17) is 5.11 Å². The number of carbonyl (C=O) groups is 1. The van der Waals surface area contributed by atoms with Crippen LogP contribution in [0.15, 0.2) is 23.1 Å². The Kier molecular flexibility index (Phi) is 4.23. The van der Waals surface area contributed by atoms with E-state index < -0.39 is 29.0 Å². The van der Waals surface area contributed by atoms with E-state index in [0.717, 1.165) is 0 Å². The van der Waals surface area contributed by atoms with E-state index in [1.54, 1.807) is 26.0 Å². The molecule has 0 aliphatic carbocycles. The summed E-state index contributed by atoms with van der Waals surface area (Å²) in [5.41, 5.74) is -0.0686. The standard InChI is InChI=1S/C14H17N3O4/c1-3-9(7-18)15-12(19)10-13(20)16-11-8(2)5-4-6-17(11)14(10)21/h4-6,9,18,20H,3,7H2,1-2H3,(H,15,19)/t9-/m0/s1. The van der Waals surface area contributed by atoms with Crippen molar-refractivity contribution in [2.24, 2.45) is 0 Å². The van der Waals surface area contributed by atoms with E-state index in [1.807, 2.05) is 0 Å². The number of amides is 1. The number of nitrogens with zero attached hydrogens (tertiary/aromatic N) is 2. The number of nitrogens with one attached hydrogen (secondary N) is 1. The SMILES string of the molecule is CC[C@@H](CO)NC(=O)c1c(O)nc2c(C)cccn2c1=O. The third kappa shape index (κ3) is 2.73. The summed E-state index contributed by atoms with van der Waals surface area (Å²) >= 11 is 0. The fourth-order valence-corrected chi connectivity index (χ4v) is 2.02. The Bertz CT molecular complexity index is 735. The first-order chi connectivity index (χ1) is 9.99. The molecule has 0 aromatic carbocycles. The number of aryl methyl sites for hydroxylation is 1. The summed E-state index contributed by atoms with van der Waals surface area (Å²) in [7, 11) is 0. The van der Waals surface area contributed by atoms with Crippen molar-refractivity contribution in [3.05, 3.63) is 39.8 Å². The summed E-state index contributed by atoms with van der Waals surface area (Å²) in [5.74, 6) is -1.36. The summed E-state index contributed by atoms with van der Waals surface area (Å²) in [5, 5.41) is 21.5. The molecular formula is C14H17N3O4. The van der Waals surface area contributed by atoms with Crippen molar-refractivity contribution in [1.82, 2.24) is 14.7 Å². The van der Waals surface area contributed by atoms with E-state index >= 15 is 0 Å². The Morgan fingerprint density at radius 2 is 2.24 bits per heavy atom. The van der Waals surface area contributed by atoms with E-state index in [9.17, 15) is 14.7 Å². The highest BCUT2D eigenvalue weighted by molar-refractivity contribution is 5.96. The van der Waals surface area contributed by atoms with E-state index in [0.29, 0.717) is 17.6 Å². The highest BCUT2D eigenvalue weighted by atomic mass is 16.3. The largest absolute Gasteiger partial charge is 0.493 e. The number of fused-ring (bicyclic) bond motifs is 1. The fraction of sp³-hybridized carbons (Fsp3) is 0.357. The monoisotopic (exact) mass is 291 g/mol. The predicted molar refractivity (Wildman–Crippen MR) is 76.5 cm³/mol. The van der Waals surface area contributed by atoms with Crippen LogP contribution in [-0.2, 0) is 0 Å². The minimum atomic E-state index is -0.748. The van der Waals surface area contributed by atoms with Gasteiger partial charge in [0.2, 0.25) is 5.88 Å². The number of carbonyl (C=O) groups excluding carboxylic acids is 1. The smallest absolute Gasteiger partial charge is 0.274 e. The lowest BCUT2D eigenvalue weighted by Crippen LogP contribution is -2.40. The minimum absolute atomic E-state index is 0.246. The van der Waals surface area contributed by atoms with Gasteiger partial charge >= 0.3 is 0 Å². The molecule has 1 amide bonds. The first-order valence-corrected chi connectivity index (χ1v) is 6.62. The van der Waals surface area contributed by atoms with Crippen LogP contribution in [0.1, 0.15) is 29.3 Å². The quantitative estimate of drug-likeness (QED) is 0.747. The van der Waals surface area contributed by atoms with E-state index in [1.165, 1.54) is 10.6 Å². The highest BCUT2D eigenvalue weighted by Gasteiger charge is 2.22. The lowest BCUT2D eigenvalue weighted by molar-refractivity contribution is 0.0909. The highest BCUT2D eigenvalue weighted by Crippen LogP contribution is 2.13. The number of hydrogen-bond acceptors (Lipinski definition) is 5. The van der Waals surface area contributed by atoms with Crippen molar-refractivity contribution >= 4 is 11.6 Å². The maximum atomic E-state index is 12.3. The van der Waals surface area contributed by atoms with Gasteiger partial charge in [0.25, 0.3) is 11.5 Å². The van der Waals surface area contributed by atoms with E-state index in [2.05, 4.69) is 10.3 Å². The van der Waals surface area contributed by atoms with Crippen molar-refractivity contribution in [1.29, 1.82) is 0 Å². The van der Waals surface area contributed by atoms with Crippen molar-refractivity contribution < 1.29 is 15.0 Å². The molecule has 112 valence electrons. The van der Waals surface area contributed by atoms with Crippen LogP contribution in [0.5, 0.6) is 5.88 Å². The van der Waals surface area contributed by atoms with Gasteiger partial charge in [0.15, 0.2) is 5.56 Å². The van der Waals surface area contributed by atoms with Crippen molar-refractivity contribution in [3.63, 3.8) is 0 Å². The molecule has 2 rings (SSSR count). The lowest BCUT2D eigenvalue weighted by atomic mass is 10.2.